The number of carbonyl (C=O) groups excluding carboxylic acids is 1. The number of carbonyl (C=O) groups is 1. The van der Waals surface area contributed by atoms with Crippen LogP contribution in [0.3, 0.4) is 0 Å². The molecule has 2 rings (SSSR count). The van der Waals surface area contributed by atoms with Crippen molar-refractivity contribution in [3.8, 4) is 0 Å². The van der Waals surface area contributed by atoms with Crippen molar-refractivity contribution in [1.29, 1.82) is 0 Å². The third-order valence-corrected chi connectivity index (χ3v) is 5.40. The number of rotatable bonds is 6. The minimum absolute atomic E-state index is 0.223. The van der Waals surface area contributed by atoms with Gasteiger partial charge in [0.05, 0.1) is 16.1 Å². The van der Waals surface area contributed by atoms with E-state index in [0.717, 1.165) is 55.3 Å². The van der Waals surface area contributed by atoms with E-state index in [4.69, 9.17) is 0 Å². The van der Waals surface area contributed by atoms with Crippen LogP contribution >= 0.6 is 11.3 Å². The molecule has 0 saturated heterocycles. The van der Waals surface area contributed by atoms with Crippen molar-refractivity contribution < 1.29 is 4.79 Å². The van der Waals surface area contributed by atoms with Crippen LogP contribution in [0.2, 0.25) is 0 Å². The Kier molecular flexibility index (Phi) is 6.60. The first-order valence-corrected chi connectivity index (χ1v) is 9.42. The van der Waals surface area contributed by atoms with Gasteiger partial charge in [0.15, 0.2) is 5.96 Å². The molecule has 2 N–H and O–H groups in total. The van der Waals surface area contributed by atoms with E-state index >= 15 is 0 Å². The molecule has 134 valence electrons. The Morgan fingerprint density at radius 2 is 2.08 bits per heavy atom. The summed E-state index contributed by atoms with van der Waals surface area (Å²) in [6.45, 7) is 3.43. The van der Waals surface area contributed by atoms with E-state index in [1.807, 2.05) is 21.0 Å². The molecule has 1 saturated carbocycles. The highest BCUT2D eigenvalue weighted by molar-refractivity contribution is 7.09. The third kappa shape index (κ3) is 4.69. The Balaban J connectivity index is 1.84. The summed E-state index contributed by atoms with van der Waals surface area (Å²) in [5, 5.41) is 9.86. The molecule has 0 bridgehead atoms. The molecule has 1 fully saturated rings. The fourth-order valence-corrected chi connectivity index (χ4v) is 3.95. The summed E-state index contributed by atoms with van der Waals surface area (Å²) in [7, 11) is 5.44. The lowest BCUT2D eigenvalue weighted by Crippen LogP contribution is -2.49. The van der Waals surface area contributed by atoms with Crippen molar-refractivity contribution in [2.45, 2.75) is 39.0 Å². The molecule has 0 aliphatic heterocycles. The van der Waals surface area contributed by atoms with Crippen molar-refractivity contribution in [1.82, 2.24) is 20.5 Å². The molecule has 24 heavy (non-hydrogen) atoms. The average molecular weight is 352 g/mol. The van der Waals surface area contributed by atoms with Gasteiger partial charge in [-0.25, -0.2) is 4.98 Å². The molecule has 1 amide bonds. The third-order valence-electron chi connectivity index (χ3n) is 4.58. The van der Waals surface area contributed by atoms with Crippen LogP contribution in [0.5, 0.6) is 0 Å². The molecule has 0 unspecified atom stereocenters. The fraction of sp³-hybridized carbons (Fsp3) is 0.706. The van der Waals surface area contributed by atoms with Crippen molar-refractivity contribution >= 4 is 23.2 Å². The monoisotopic (exact) mass is 351 g/mol. The summed E-state index contributed by atoms with van der Waals surface area (Å²) < 4.78 is 0. The van der Waals surface area contributed by atoms with Crippen molar-refractivity contribution in [2.75, 3.05) is 34.2 Å². The van der Waals surface area contributed by atoms with Crippen LogP contribution in [0.25, 0.3) is 0 Å². The predicted molar refractivity (Wildman–Crippen MR) is 99.5 cm³/mol. The van der Waals surface area contributed by atoms with Crippen LogP contribution in [0.15, 0.2) is 10.4 Å². The molecule has 0 aromatic carbocycles. The number of nitrogens with one attached hydrogen (secondary N) is 2. The van der Waals surface area contributed by atoms with Gasteiger partial charge >= 0.3 is 0 Å². The standard InChI is InChI=1S/C17H29N5OS/c1-13-21-14(11-24-13)7-10-19-16(18-2)20-12-17(8-5-6-9-17)15(23)22(3)4/h11H,5-10,12H2,1-4H3,(H2,18,19,20). The second-order valence-corrected chi connectivity index (χ2v) is 7.71. The zero-order valence-electron chi connectivity index (χ0n) is 15.2. The zero-order chi connectivity index (χ0) is 17.6. The van der Waals surface area contributed by atoms with Gasteiger partial charge in [0.25, 0.3) is 0 Å². The highest BCUT2D eigenvalue weighted by Gasteiger charge is 2.42. The first kappa shape index (κ1) is 18.7. The minimum atomic E-state index is -0.285. The van der Waals surface area contributed by atoms with E-state index in [9.17, 15) is 4.79 Å². The van der Waals surface area contributed by atoms with Crippen molar-refractivity contribution in [3.05, 3.63) is 16.1 Å². The molecule has 1 aromatic rings. The topological polar surface area (TPSA) is 69.6 Å². The number of thiazole rings is 1. The van der Waals surface area contributed by atoms with E-state index in [2.05, 4.69) is 26.0 Å². The first-order chi connectivity index (χ1) is 11.5. The van der Waals surface area contributed by atoms with Gasteiger partial charge in [0.2, 0.25) is 5.91 Å². The number of hydrogen-bond donors (Lipinski definition) is 2. The SMILES string of the molecule is CN=C(NCCc1csc(C)n1)NCC1(C(=O)N(C)C)CCCC1. The molecule has 6 nitrogen and oxygen atoms in total. The lowest BCUT2D eigenvalue weighted by molar-refractivity contribution is -0.138. The highest BCUT2D eigenvalue weighted by Crippen LogP contribution is 2.38. The zero-order valence-corrected chi connectivity index (χ0v) is 16.0. The van der Waals surface area contributed by atoms with Crippen LogP contribution in [-0.4, -0.2) is 56.0 Å². The summed E-state index contributed by atoms with van der Waals surface area (Å²) >= 11 is 1.67. The van der Waals surface area contributed by atoms with Gasteiger partial charge in [-0.2, -0.15) is 0 Å². The second-order valence-electron chi connectivity index (χ2n) is 6.65. The van der Waals surface area contributed by atoms with E-state index in [0.29, 0.717) is 6.54 Å². The van der Waals surface area contributed by atoms with Crippen molar-refractivity contribution in [3.63, 3.8) is 0 Å². The number of aliphatic imine (C=N–C) groups is 1. The smallest absolute Gasteiger partial charge is 0.230 e. The van der Waals surface area contributed by atoms with Gasteiger partial charge in [-0.3, -0.25) is 9.79 Å². The van der Waals surface area contributed by atoms with Gasteiger partial charge in [0.1, 0.15) is 0 Å². The molecule has 0 spiro atoms. The molecule has 7 heteroatoms. The molecular weight excluding hydrogens is 322 g/mol. The Hall–Kier alpha value is -1.63. The van der Waals surface area contributed by atoms with E-state index in [1.54, 1.807) is 23.3 Å². The summed E-state index contributed by atoms with van der Waals surface area (Å²) in [6, 6.07) is 0. The minimum Gasteiger partial charge on any atom is -0.356 e. The number of guanidine groups is 1. The fourth-order valence-electron chi connectivity index (χ4n) is 3.30. The lowest BCUT2D eigenvalue weighted by atomic mass is 9.84. The largest absolute Gasteiger partial charge is 0.356 e. The summed E-state index contributed by atoms with van der Waals surface area (Å²) in [6.07, 6.45) is 5.01. The van der Waals surface area contributed by atoms with Crippen LogP contribution in [0, 0.1) is 12.3 Å². The Bertz CT molecular complexity index is 575. The van der Waals surface area contributed by atoms with Gasteiger partial charge < -0.3 is 15.5 Å². The summed E-state index contributed by atoms with van der Waals surface area (Å²) in [5.74, 6) is 0.973. The highest BCUT2D eigenvalue weighted by atomic mass is 32.1. The number of aromatic nitrogens is 1. The molecule has 1 aliphatic carbocycles. The molecule has 1 aliphatic rings. The molecule has 0 radical (unpaired) electrons. The molecule has 1 heterocycles. The van der Waals surface area contributed by atoms with Crippen LogP contribution < -0.4 is 10.6 Å². The van der Waals surface area contributed by atoms with Crippen LogP contribution in [-0.2, 0) is 11.2 Å². The van der Waals surface area contributed by atoms with Crippen LogP contribution in [0.1, 0.15) is 36.4 Å². The quantitative estimate of drug-likeness (QED) is 0.606. The average Bonchev–Trinajstić information content (AvgIpc) is 3.19. The van der Waals surface area contributed by atoms with Gasteiger partial charge in [-0.05, 0) is 19.8 Å². The van der Waals surface area contributed by atoms with Crippen LogP contribution in [0.4, 0.5) is 0 Å². The predicted octanol–water partition coefficient (Wildman–Crippen LogP) is 1.81. The van der Waals surface area contributed by atoms with E-state index < -0.39 is 0 Å². The number of aryl methyl sites for hydroxylation is 1. The summed E-state index contributed by atoms with van der Waals surface area (Å²) in [4.78, 5) is 23.0. The van der Waals surface area contributed by atoms with E-state index in [-0.39, 0.29) is 11.3 Å². The maximum atomic E-state index is 12.6. The molecule has 0 atom stereocenters. The molecular formula is C17H29N5OS. The Labute approximate surface area is 148 Å². The number of hydrogen-bond acceptors (Lipinski definition) is 4. The van der Waals surface area contributed by atoms with Crippen molar-refractivity contribution in [2.24, 2.45) is 10.4 Å². The first-order valence-electron chi connectivity index (χ1n) is 8.54. The number of amides is 1. The normalized spacial score (nSPS) is 16.9. The lowest BCUT2D eigenvalue weighted by Gasteiger charge is -2.31. The Morgan fingerprint density at radius 3 is 2.62 bits per heavy atom. The van der Waals surface area contributed by atoms with Gasteiger partial charge in [-0.1, -0.05) is 12.8 Å². The number of nitrogens with zero attached hydrogens (tertiary/aromatic N) is 3. The summed E-state index contributed by atoms with van der Waals surface area (Å²) in [5.41, 5.74) is 0.822. The van der Waals surface area contributed by atoms with E-state index in [1.165, 1.54) is 0 Å². The maximum Gasteiger partial charge on any atom is 0.230 e. The molecule has 1 aromatic heterocycles. The Morgan fingerprint density at radius 1 is 1.38 bits per heavy atom. The van der Waals surface area contributed by atoms with Gasteiger partial charge in [0, 0.05) is 46.0 Å². The maximum absolute atomic E-state index is 12.6. The van der Waals surface area contributed by atoms with Gasteiger partial charge in [-0.15, -0.1) is 11.3 Å². The second kappa shape index (κ2) is 8.46.